The van der Waals surface area contributed by atoms with Gasteiger partial charge in [0.2, 0.25) is 0 Å². The normalized spacial score (nSPS) is 20.7. The second-order valence-corrected chi connectivity index (χ2v) is 4.10. The van der Waals surface area contributed by atoms with Crippen molar-refractivity contribution in [2.45, 2.75) is 19.4 Å². The number of rotatable bonds is 3. The summed E-state index contributed by atoms with van der Waals surface area (Å²) >= 11 is 0. The molecule has 4 nitrogen and oxygen atoms in total. The van der Waals surface area contributed by atoms with Crippen LogP contribution < -0.4 is 5.32 Å². The van der Waals surface area contributed by atoms with Crippen LogP contribution in [0, 0.1) is 6.92 Å². The summed E-state index contributed by atoms with van der Waals surface area (Å²) in [5.41, 5.74) is 1.70. The second-order valence-electron chi connectivity index (χ2n) is 4.10. The first-order valence-corrected chi connectivity index (χ1v) is 5.51. The van der Waals surface area contributed by atoms with Gasteiger partial charge in [0, 0.05) is 37.0 Å². The summed E-state index contributed by atoms with van der Waals surface area (Å²) in [5.74, 6) is 0.124. The summed E-state index contributed by atoms with van der Waals surface area (Å²) in [7, 11) is 0. The largest absolute Gasteiger partial charge is 0.378 e. The van der Waals surface area contributed by atoms with Crippen LogP contribution in [0.4, 0.5) is 0 Å². The molecule has 0 saturated carbocycles. The lowest BCUT2D eigenvalue weighted by Crippen LogP contribution is -2.42. The van der Waals surface area contributed by atoms with Crippen molar-refractivity contribution in [3.8, 4) is 0 Å². The number of aryl methyl sites for hydroxylation is 1. The van der Waals surface area contributed by atoms with Crippen LogP contribution in [0.3, 0.4) is 0 Å². The molecule has 2 rings (SSSR count). The number of hydrogen-bond acceptors (Lipinski definition) is 4. The minimum Gasteiger partial charge on any atom is -0.378 e. The molecule has 1 aromatic rings. The van der Waals surface area contributed by atoms with E-state index in [1.54, 1.807) is 12.4 Å². The number of morpholine rings is 1. The molecule has 1 fully saturated rings. The van der Waals surface area contributed by atoms with Crippen LogP contribution in [0.5, 0.6) is 0 Å². The van der Waals surface area contributed by atoms with Gasteiger partial charge in [0.05, 0.1) is 13.2 Å². The van der Waals surface area contributed by atoms with Gasteiger partial charge in [0.25, 0.3) is 0 Å². The Labute approximate surface area is 95.0 Å². The topological polar surface area (TPSA) is 51.2 Å². The highest BCUT2D eigenvalue weighted by Gasteiger charge is 2.17. The van der Waals surface area contributed by atoms with Crippen LogP contribution in [-0.4, -0.2) is 36.6 Å². The third kappa shape index (κ3) is 2.87. The highest BCUT2D eigenvalue weighted by Crippen LogP contribution is 2.08. The van der Waals surface area contributed by atoms with E-state index < -0.39 is 0 Å². The van der Waals surface area contributed by atoms with Gasteiger partial charge >= 0.3 is 0 Å². The van der Waals surface area contributed by atoms with Crippen LogP contribution in [0.25, 0.3) is 0 Å². The maximum absolute atomic E-state index is 11.9. The number of nitrogens with one attached hydrogen (secondary N) is 1. The summed E-state index contributed by atoms with van der Waals surface area (Å²) in [6.07, 6.45) is 3.85. The van der Waals surface area contributed by atoms with E-state index in [0.717, 1.165) is 18.7 Å². The SMILES string of the molecule is Cc1cncc(C(=O)CC2COCCN2)c1. The molecule has 1 aliphatic heterocycles. The van der Waals surface area contributed by atoms with Crippen LogP contribution in [-0.2, 0) is 4.74 Å². The maximum atomic E-state index is 11.9. The Kier molecular flexibility index (Phi) is 3.64. The van der Waals surface area contributed by atoms with Gasteiger partial charge in [-0.15, -0.1) is 0 Å². The number of ketones is 1. The van der Waals surface area contributed by atoms with Crippen molar-refractivity contribution in [2.24, 2.45) is 0 Å². The standard InChI is InChI=1S/C12H16N2O2/c1-9-4-10(7-13-6-9)12(15)5-11-8-16-3-2-14-11/h4,6-7,11,14H,2-3,5,8H2,1H3. The maximum Gasteiger partial charge on any atom is 0.166 e. The minimum absolute atomic E-state index is 0.124. The van der Waals surface area contributed by atoms with Crippen molar-refractivity contribution in [2.75, 3.05) is 19.8 Å². The lowest BCUT2D eigenvalue weighted by Gasteiger charge is -2.23. The average molecular weight is 220 g/mol. The van der Waals surface area contributed by atoms with E-state index in [1.807, 2.05) is 13.0 Å². The molecule has 16 heavy (non-hydrogen) atoms. The van der Waals surface area contributed by atoms with E-state index in [2.05, 4.69) is 10.3 Å². The number of hydrogen-bond donors (Lipinski definition) is 1. The molecule has 0 aromatic carbocycles. The Morgan fingerprint density at radius 2 is 2.50 bits per heavy atom. The average Bonchev–Trinajstić information content (AvgIpc) is 2.30. The van der Waals surface area contributed by atoms with E-state index in [9.17, 15) is 4.79 Å². The first kappa shape index (κ1) is 11.2. The number of carbonyl (C=O) groups excluding carboxylic acids is 1. The summed E-state index contributed by atoms with van der Waals surface area (Å²) < 4.78 is 5.31. The molecule has 1 saturated heterocycles. The van der Waals surface area contributed by atoms with Gasteiger partial charge in [-0.05, 0) is 18.6 Å². The third-order valence-electron chi connectivity index (χ3n) is 2.63. The molecule has 0 aliphatic carbocycles. The predicted molar refractivity (Wildman–Crippen MR) is 60.5 cm³/mol. The van der Waals surface area contributed by atoms with Gasteiger partial charge in [-0.3, -0.25) is 9.78 Å². The number of Topliss-reactive ketones (excluding diaryl/α,β-unsaturated/α-hetero) is 1. The number of carbonyl (C=O) groups is 1. The Bertz CT molecular complexity index is 373. The van der Waals surface area contributed by atoms with Crippen molar-refractivity contribution < 1.29 is 9.53 Å². The summed E-state index contributed by atoms with van der Waals surface area (Å²) in [5, 5.41) is 3.27. The summed E-state index contributed by atoms with van der Waals surface area (Å²) in [6, 6.07) is 2.01. The molecule has 1 aromatic heterocycles. The molecule has 4 heteroatoms. The molecule has 0 amide bonds. The molecule has 0 spiro atoms. The van der Waals surface area contributed by atoms with Gasteiger partial charge in [-0.2, -0.15) is 0 Å². The molecule has 1 atom stereocenters. The first-order chi connectivity index (χ1) is 7.75. The molecule has 86 valence electrons. The number of aromatic nitrogens is 1. The van der Waals surface area contributed by atoms with Gasteiger partial charge in [-0.1, -0.05) is 0 Å². The summed E-state index contributed by atoms with van der Waals surface area (Å²) in [6.45, 7) is 4.11. The van der Waals surface area contributed by atoms with Crippen molar-refractivity contribution in [3.05, 3.63) is 29.6 Å². The minimum atomic E-state index is 0.124. The Morgan fingerprint density at radius 3 is 3.19 bits per heavy atom. The van der Waals surface area contributed by atoms with Crippen LogP contribution >= 0.6 is 0 Å². The lowest BCUT2D eigenvalue weighted by molar-refractivity contribution is 0.0676. The van der Waals surface area contributed by atoms with Crippen LogP contribution in [0.1, 0.15) is 22.3 Å². The van der Waals surface area contributed by atoms with Gasteiger partial charge in [0.1, 0.15) is 0 Å². The number of pyridine rings is 1. The highest BCUT2D eigenvalue weighted by atomic mass is 16.5. The van der Waals surface area contributed by atoms with Crippen molar-refractivity contribution in [1.29, 1.82) is 0 Å². The number of nitrogens with zero attached hydrogens (tertiary/aromatic N) is 1. The fraction of sp³-hybridized carbons (Fsp3) is 0.500. The zero-order valence-corrected chi connectivity index (χ0v) is 9.40. The van der Waals surface area contributed by atoms with E-state index in [0.29, 0.717) is 18.6 Å². The Hall–Kier alpha value is -1.26. The molecular weight excluding hydrogens is 204 g/mol. The predicted octanol–water partition coefficient (Wildman–Crippen LogP) is 0.951. The van der Waals surface area contributed by atoms with Crippen LogP contribution in [0.2, 0.25) is 0 Å². The first-order valence-electron chi connectivity index (χ1n) is 5.51. The molecule has 1 N–H and O–H groups in total. The molecule has 2 heterocycles. The zero-order valence-electron chi connectivity index (χ0n) is 9.40. The van der Waals surface area contributed by atoms with E-state index in [4.69, 9.17) is 4.74 Å². The zero-order chi connectivity index (χ0) is 11.4. The fourth-order valence-corrected chi connectivity index (χ4v) is 1.80. The monoisotopic (exact) mass is 220 g/mol. The van der Waals surface area contributed by atoms with Crippen molar-refractivity contribution in [1.82, 2.24) is 10.3 Å². The number of ether oxygens (including phenoxy) is 1. The Morgan fingerprint density at radius 1 is 1.62 bits per heavy atom. The van der Waals surface area contributed by atoms with Gasteiger partial charge in [0.15, 0.2) is 5.78 Å². The van der Waals surface area contributed by atoms with Crippen molar-refractivity contribution in [3.63, 3.8) is 0 Å². The molecule has 1 aliphatic rings. The quantitative estimate of drug-likeness (QED) is 0.771. The van der Waals surface area contributed by atoms with Gasteiger partial charge < -0.3 is 10.1 Å². The molecule has 0 radical (unpaired) electrons. The van der Waals surface area contributed by atoms with E-state index in [1.165, 1.54) is 0 Å². The van der Waals surface area contributed by atoms with Crippen molar-refractivity contribution >= 4 is 5.78 Å². The second kappa shape index (κ2) is 5.18. The fourth-order valence-electron chi connectivity index (χ4n) is 1.80. The molecule has 0 bridgehead atoms. The van der Waals surface area contributed by atoms with E-state index >= 15 is 0 Å². The third-order valence-corrected chi connectivity index (χ3v) is 2.63. The molecular formula is C12H16N2O2. The Balaban J connectivity index is 1.97. The van der Waals surface area contributed by atoms with E-state index in [-0.39, 0.29) is 11.8 Å². The van der Waals surface area contributed by atoms with Gasteiger partial charge in [-0.25, -0.2) is 0 Å². The highest BCUT2D eigenvalue weighted by molar-refractivity contribution is 5.96. The van der Waals surface area contributed by atoms with Crippen LogP contribution in [0.15, 0.2) is 18.5 Å². The summed E-state index contributed by atoms with van der Waals surface area (Å²) in [4.78, 5) is 16.0. The smallest absolute Gasteiger partial charge is 0.166 e. The molecule has 1 unspecified atom stereocenters. The lowest BCUT2D eigenvalue weighted by atomic mass is 10.0.